The average Bonchev–Trinajstić information content (AvgIpc) is 2.16. The van der Waals surface area contributed by atoms with Gasteiger partial charge in [-0.1, -0.05) is 5.11 Å². The number of carbonyl (C=O) groups is 2. The molecule has 3 amide bonds. The van der Waals surface area contributed by atoms with Gasteiger partial charge in [0.2, 0.25) is 5.91 Å². The SMILES string of the molecule is CCN(CC)C(=O)/C=C(\C)N=NC(N)=O. The molecular formula is C9H16N4O2. The van der Waals surface area contributed by atoms with E-state index in [1.54, 1.807) is 11.8 Å². The Bertz CT molecular complexity index is 292. The number of likely N-dealkylation sites (N-methyl/N-ethyl adjacent to an activating group) is 1. The molecular weight excluding hydrogens is 196 g/mol. The van der Waals surface area contributed by atoms with Crippen molar-refractivity contribution in [2.24, 2.45) is 16.0 Å². The fourth-order valence-electron chi connectivity index (χ4n) is 0.962. The molecule has 0 radical (unpaired) electrons. The number of nitrogens with zero attached hydrogens (tertiary/aromatic N) is 3. The Labute approximate surface area is 88.8 Å². The van der Waals surface area contributed by atoms with Gasteiger partial charge in [0.25, 0.3) is 0 Å². The molecule has 0 aliphatic heterocycles. The predicted octanol–water partition coefficient (Wildman–Crippen LogP) is 1.29. The zero-order valence-corrected chi connectivity index (χ0v) is 9.23. The highest BCUT2D eigenvalue weighted by molar-refractivity contribution is 5.88. The Kier molecular flexibility index (Phi) is 5.92. The van der Waals surface area contributed by atoms with Gasteiger partial charge >= 0.3 is 6.03 Å². The number of urea groups is 1. The van der Waals surface area contributed by atoms with Crippen LogP contribution >= 0.6 is 0 Å². The second-order valence-corrected chi connectivity index (χ2v) is 2.83. The van der Waals surface area contributed by atoms with Crippen molar-refractivity contribution in [1.82, 2.24) is 4.90 Å². The van der Waals surface area contributed by atoms with E-state index in [4.69, 9.17) is 5.73 Å². The highest BCUT2D eigenvalue weighted by atomic mass is 16.2. The van der Waals surface area contributed by atoms with Gasteiger partial charge in [-0.3, -0.25) is 4.79 Å². The molecule has 0 aliphatic rings. The van der Waals surface area contributed by atoms with Gasteiger partial charge in [0, 0.05) is 19.2 Å². The molecule has 0 aromatic carbocycles. The monoisotopic (exact) mass is 212 g/mol. The molecule has 0 saturated carbocycles. The smallest absolute Gasteiger partial charge is 0.348 e. The lowest BCUT2D eigenvalue weighted by Crippen LogP contribution is -2.28. The zero-order chi connectivity index (χ0) is 11.8. The molecule has 6 nitrogen and oxygen atoms in total. The van der Waals surface area contributed by atoms with E-state index in [1.165, 1.54) is 6.08 Å². The molecule has 0 aromatic heterocycles. The number of rotatable bonds is 4. The molecule has 0 saturated heterocycles. The maximum absolute atomic E-state index is 11.5. The number of amides is 3. The number of azo groups is 1. The number of nitrogens with two attached hydrogens (primary N) is 1. The van der Waals surface area contributed by atoms with Crippen LogP contribution < -0.4 is 5.73 Å². The van der Waals surface area contributed by atoms with Crippen LogP contribution in [0.4, 0.5) is 4.79 Å². The Morgan fingerprint density at radius 1 is 1.27 bits per heavy atom. The molecule has 84 valence electrons. The van der Waals surface area contributed by atoms with Crippen LogP contribution in [0.15, 0.2) is 22.0 Å². The van der Waals surface area contributed by atoms with Crippen molar-refractivity contribution >= 4 is 11.9 Å². The summed E-state index contributed by atoms with van der Waals surface area (Å²) in [6.45, 7) is 6.61. The summed E-state index contributed by atoms with van der Waals surface area (Å²) < 4.78 is 0. The molecule has 15 heavy (non-hydrogen) atoms. The molecule has 0 bridgehead atoms. The van der Waals surface area contributed by atoms with Crippen molar-refractivity contribution in [1.29, 1.82) is 0 Å². The van der Waals surface area contributed by atoms with Crippen molar-refractivity contribution < 1.29 is 9.59 Å². The lowest BCUT2D eigenvalue weighted by molar-refractivity contribution is -0.125. The summed E-state index contributed by atoms with van der Waals surface area (Å²) in [4.78, 5) is 23.4. The van der Waals surface area contributed by atoms with Gasteiger partial charge in [0.1, 0.15) is 0 Å². The van der Waals surface area contributed by atoms with E-state index in [-0.39, 0.29) is 5.91 Å². The third-order valence-corrected chi connectivity index (χ3v) is 1.71. The lowest BCUT2D eigenvalue weighted by atomic mass is 10.4. The summed E-state index contributed by atoms with van der Waals surface area (Å²) in [5, 5.41) is 6.59. The number of hydrogen-bond donors (Lipinski definition) is 1. The zero-order valence-electron chi connectivity index (χ0n) is 9.23. The molecule has 2 N–H and O–H groups in total. The van der Waals surface area contributed by atoms with Gasteiger partial charge in [-0.05, 0) is 20.8 Å². The van der Waals surface area contributed by atoms with Crippen LogP contribution in [0.3, 0.4) is 0 Å². The molecule has 0 atom stereocenters. The minimum atomic E-state index is -0.877. The van der Waals surface area contributed by atoms with Crippen LogP contribution in [0.25, 0.3) is 0 Å². The minimum absolute atomic E-state index is 0.152. The summed E-state index contributed by atoms with van der Waals surface area (Å²) in [6.07, 6.45) is 1.32. The third-order valence-electron chi connectivity index (χ3n) is 1.71. The number of primary amides is 1. The van der Waals surface area contributed by atoms with Crippen molar-refractivity contribution in [3.05, 3.63) is 11.8 Å². The highest BCUT2D eigenvalue weighted by Crippen LogP contribution is 1.99. The Morgan fingerprint density at radius 3 is 2.20 bits per heavy atom. The van der Waals surface area contributed by atoms with Gasteiger partial charge in [0.15, 0.2) is 0 Å². The first-order valence-electron chi connectivity index (χ1n) is 4.69. The van der Waals surface area contributed by atoms with Gasteiger partial charge in [-0.25, -0.2) is 4.79 Å². The molecule has 0 spiro atoms. The number of carbonyl (C=O) groups excluding carboxylic acids is 2. The number of allylic oxidation sites excluding steroid dienone is 1. The van der Waals surface area contributed by atoms with Crippen molar-refractivity contribution in [3.8, 4) is 0 Å². The molecule has 0 fully saturated rings. The standard InChI is InChI=1S/C9H16N4O2/c1-4-13(5-2)8(14)6-7(3)11-12-9(10)15/h6H,4-5H2,1-3H3,(H2,10,15)/b7-6+,12-11?. The van der Waals surface area contributed by atoms with Crippen LogP contribution in [-0.4, -0.2) is 29.9 Å². The Morgan fingerprint density at radius 2 is 1.80 bits per heavy atom. The first kappa shape index (κ1) is 13.3. The number of hydrogen-bond acceptors (Lipinski definition) is 3. The Balaban J connectivity index is 4.47. The van der Waals surface area contributed by atoms with E-state index in [1.807, 2.05) is 13.8 Å². The van der Waals surface area contributed by atoms with E-state index in [0.29, 0.717) is 18.8 Å². The highest BCUT2D eigenvalue weighted by Gasteiger charge is 2.05. The van der Waals surface area contributed by atoms with Crippen molar-refractivity contribution in [3.63, 3.8) is 0 Å². The lowest BCUT2D eigenvalue weighted by Gasteiger charge is -2.15. The average molecular weight is 212 g/mol. The normalized spacial score (nSPS) is 11.8. The van der Waals surface area contributed by atoms with Gasteiger partial charge < -0.3 is 10.6 Å². The van der Waals surface area contributed by atoms with E-state index < -0.39 is 6.03 Å². The van der Waals surface area contributed by atoms with E-state index in [2.05, 4.69) is 10.2 Å². The summed E-state index contributed by atoms with van der Waals surface area (Å²) in [6, 6.07) is -0.877. The molecule has 0 rings (SSSR count). The van der Waals surface area contributed by atoms with Gasteiger partial charge in [0.05, 0.1) is 5.70 Å². The van der Waals surface area contributed by atoms with E-state index in [0.717, 1.165) is 0 Å². The minimum Gasteiger partial charge on any atom is -0.348 e. The first-order valence-corrected chi connectivity index (χ1v) is 4.69. The fraction of sp³-hybridized carbons (Fsp3) is 0.556. The van der Waals surface area contributed by atoms with Gasteiger partial charge in [-0.15, -0.1) is 0 Å². The van der Waals surface area contributed by atoms with Crippen LogP contribution in [0.1, 0.15) is 20.8 Å². The second kappa shape index (κ2) is 6.69. The molecule has 0 unspecified atom stereocenters. The maximum Gasteiger partial charge on any atom is 0.356 e. The maximum atomic E-state index is 11.5. The largest absolute Gasteiger partial charge is 0.356 e. The molecule has 0 aliphatic carbocycles. The molecule has 6 heteroatoms. The predicted molar refractivity (Wildman–Crippen MR) is 56.1 cm³/mol. The van der Waals surface area contributed by atoms with E-state index >= 15 is 0 Å². The van der Waals surface area contributed by atoms with Crippen LogP contribution in [-0.2, 0) is 4.79 Å². The summed E-state index contributed by atoms with van der Waals surface area (Å²) in [5.74, 6) is -0.152. The fourth-order valence-corrected chi connectivity index (χ4v) is 0.962. The van der Waals surface area contributed by atoms with Crippen LogP contribution in [0.2, 0.25) is 0 Å². The summed E-state index contributed by atoms with van der Waals surface area (Å²) in [5.41, 5.74) is 5.11. The summed E-state index contributed by atoms with van der Waals surface area (Å²) >= 11 is 0. The topological polar surface area (TPSA) is 88.1 Å². The first-order chi connectivity index (χ1) is 7.01. The van der Waals surface area contributed by atoms with Crippen LogP contribution in [0.5, 0.6) is 0 Å². The Hall–Kier alpha value is -1.72. The van der Waals surface area contributed by atoms with Crippen molar-refractivity contribution in [2.45, 2.75) is 20.8 Å². The summed E-state index contributed by atoms with van der Waals surface area (Å²) in [7, 11) is 0. The third kappa shape index (κ3) is 5.56. The van der Waals surface area contributed by atoms with Crippen LogP contribution in [0, 0.1) is 0 Å². The quantitative estimate of drug-likeness (QED) is 0.562. The van der Waals surface area contributed by atoms with E-state index in [9.17, 15) is 9.59 Å². The van der Waals surface area contributed by atoms with Gasteiger partial charge in [-0.2, -0.15) is 5.11 Å². The molecule has 0 aromatic rings. The second-order valence-electron chi connectivity index (χ2n) is 2.83. The van der Waals surface area contributed by atoms with Crippen molar-refractivity contribution in [2.75, 3.05) is 13.1 Å². The molecule has 0 heterocycles.